The summed E-state index contributed by atoms with van der Waals surface area (Å²) < 4.78 is 4.97. The van der Waals surface area contributed by atoms with Crippen LogP contribution < -0.4 is 10.1 Å². The van der Waals surface area contributed by atoms with Gasteiger partial charge in [0.15, 0.2) is 0 Å². The number of hydrogen-bond donors (Lipinski definition) is 2. The zero-order valence-electron chi connectivity index (χ0n) is 11.4. The van der Waals surface area contributed by atoms with Crippen molar-refractivity contribution < 1.29 is 14.6 Å². The number of phenols is 1. The number of amides is 1. The highest BCUT2D eigenvalue weighted by Crippen LogP contribution is 2.23. The SMILES string of the molecule is COc1ccc(C(=O)NCc2cnccc2C)c(O)c1. The fraction of sp³-hybridized carbons (Fsp3) is 0.200. The first kappa shape index (κ1) is 13.9. The van der Waals surface area contributed by atoms with Crippen molar-refractivity contribution in [3.8, 4) is 11.5 Å². The lowest BCUT2D eigenvalue weighted by atomic mass is 10.1. The van der Waals surface area contributed by atoms with E-state index in [4.69, 9.17) is 4.74 Å². The number of aromatic hydroxyl groups is 1. The van der Waals surface area contributed by atoms with Gasteiger partial charge in [0, 0.05) is 25.0 Å². The molecule has 1 aromatic heterocycles. The van der Waals surface area contributed by atoms with Crippen LogP contribution in [0.25, 0.3) is 0 Å². The summed E-state index contributed by atoms with van der Waals surface area (Å²) in [6.07, 6.45) is 3.42. The highest BCUT2D eigenvalue weighted by atomic mass is 16.5. The van der Waals surface area contributed by atoms with Crippen molar-refractivity contribution in [2.75, 3.05) is 7.11 Å². The highest BCUT2D eigenvalue weighted by Gasteiger charge is 2.12. The average molecular weight is 272 g/mol. The van der Waals surface area contributed by atoms with E-state index in [-0.39, 0.29) is 17.2 Å². The van der Waals surface area contributed by atoms with E-state index >= 15 is 0 Å². The molecule has 0 atom stereocenters. The summed E-state index contributed by atoms with van der Waals surface area (Å²) in [6.45, 7) is 2.32. The van der Waals surface area contributed by atoms with Gasteiger partial charge in [-0.2, -0.15) is 0 Å². The third-order valence-corrected chi connectivity index (χ3v) is 3.04. The lowest BCUT2D eigenvalue weighted by Gasteiger charge is -2.09. The predicted molar refractivity (Wildman–Crippen MR) is 74.8 cm³/mol. The van der Waals surface area contributed by atoms with Crippen molar-refractivity contribution in [3.63, 3.8) is 0 Å². The van der Waals surface area contributed by atoms with E-state index in [1.165, 1.54) is 19.2 Å². The van der Waals surface area contributed by atoms with Crippen LogP contribution in [0.2, 0.25) is 0 Å². The molecule has 0 saturated heterocycles. The van der Waals surface area contributed by atoms with E-state index in [9.17, 15) is 9.90 Å². The number of benzene rings is 1. The maximum Gasteiger partial charge on any atom is 0.255 e. The largest absolute Gasteiger partial charge is 0.507 e. The molecule has 0 unspecified atom stereocenters. The smallest absolute Gasteiger partial charge is 0.255 e. The number of carbonyl (C=O) groups is 1. The van der Waals surface area contributed by atoms with Crippen molar-refractivity contribution in [1.82, 2.24) is 10.3 Å². The Balaban J connectivity index is 2.07. The first-order valence-electron chi connectivity index (χ1n) is 6.16. The number of hydrogen-bond acceptors (Lipinski definition) is 4. The molecule has 0 fully saturated rings. The van der Waals surface area contributed by atoms with Crippen molar-refractivity contribution >= 4 is 5.91 Å². The molecular weight excluding hydrogens is 256 g/mol. The van der Waals surface area contributed by atoms with Crippen LogP contribution in [0.3, 0.4) is 0 Å². The van der Waals surface area contributed by atoms with Gasteiger partial charge in [-0.3, -0.25) is 9.78 Å². The molecule has 2 N–H and O–H groups in total. The van der Waals surface area contributed by atoms with Crippen LogP contribution >= 0.6 is 0 Å². The van der Waals surface area contributed by atoms with E-state index < -0.39 is 0 Å². The topological polar surface area (TPSA) is 71.5 Å². The number of aromatic nitrogens is 1. The molecule has 0 radical (unpaired) electrons. The van der Waals surface area contributed by atoms with Crippen molar-refractivity contribution in [3.05, 3.63) is 53.3 Å². The molecule has 1 amide bonds. The first-order chi connectivity index (χ1) is 9.61. The van der Waals surface area contributed by atoms with Gasteiger partial charge in [-0.15, -0.1) is 0 Å². The number of phenolic OH excluding ortho intramolecular Hbond substituents is 1. The number of ether oxygens (including phenoxy) is 1. The third-order valence-electron chi connectivity index (χ3n) is 3.04. The highest BCUT2D eigenvalue weighted by molar-refractivity contribution is 5.96. The second kappa shape index (κ2) is 6.06. The van der Waals surface area contributed by atoms with Crippen LogP contribution in [0.1, 0.15) is 21.5 Å². The van der Waals surface area contributed by atoms with E-state index in [0.29, 0.717) is 12.3 Å². The standard InChI is InChI=1S/C15H16N2O3/c1-10-5-6-16-8-11(10)9-17-15(19)13-4-3-12(20-2)7-14(13)18/h3-8,18H,9H2,1-2H3,(H,17,19). The lowest BCUT2D eigenvalue weighted by molar-refractivity contribution is 0.0948. The van der Waals surface area contributed by atoms with Crippen LogP contribution in [-0.2, 0) is 6.54 Å². The average Bonchev–Trinajstić information content (AvgIpc) is 2.46. The molecule has 20 heavy (non-hydrogen) atoms. The normalized spacial score (nSPS) is 10.1. The van der Waals surface area contributed by atoms with Crippen molar-refractivity contribution in [2.24, 2.45) is 0 Å². The van der Waals surface area contributed by atoms with Crippen LogP contribution in [0.5, 0.6) is 11.5 Å². The van der Waals surface area contributed by atoms with Crippen LogP contribution in [0.4, 0.5) is 0 Å². The molecular formula is C15H16N2O3. The van der Waals surface area contributed by atoms with Gasteiger partial charge in [-0.1, -0.05) is 0 Å². The maximum absolute atomic E-state index is 12.0. The third kappa shape index (κ3) is 3.06. The van der Waals surface area contributed by atoms with Crippen LogP contribution in [0, 0.1) is 6.92 Å². The summed E-state index contributed by atoms with van der Waals surface area (Å²) >= 11 is 0. The molecule has 0 aliphatic heterocycles. The molecule has 2 aromatic rings. The van der Waals surface area contributed by atoms with Gasteiger partial charge in [0.2, 0.25) is 0 Å². The van der Waals surface area contributed by atoms with Crippen molar-refractivity contribution in [1.29, 1.82) is 0 Å². The molecule has 1 heterocycles. The number of nitrogens with one attached hydrogen (secondary N) is 1. The molecule has 2 rings (SSSR count). The van der Waals surface area contributed by atoms with Gasteiger partial charge < -0.3 is 15.2 Å². The first-order valence-corrected chi connectivity index (χ1v) is 6.16. The van der Waals surface area contributed by atoms with Crippen LogP contribution in [0.15, 0.2) is 36.7 Å². The molecule has 0 bridgehead atoms. The van der Waals surface area contributed by atoms with Crippen LogP contribution in [-0.4, -0.2) is 23.1 Å². The minimum atomic E-state index is -0.339. The number of aryl methyl sites for hydroxylation is 1. The molecule has 104 valence electrons. The van der Waals surface area contributed by atoms with Gasteiger partial charge >= 0.3 is 0 Å². The Hall–Kier alpha value is -2.56. The summed E-state index contributed by atoms with van der Waals surface area (Å²) in [5, 5.41) is 12.5. The number of nitrogens with zero attached hydrogens (tertiary/aromatic N) is 1. The Morgan fingerprint density at radius 2 is 2.20 bits per heavy atom. The molecule has 0 saturated carbocycles. The predicted octanol–water partition coefficient (Wildman–Crippen LogP) is 2.03. The second-order valence-corrected chi connectivity index (χ2v) is 4.37. The zero-order chi connectivity index (χ0) is 14.5. The summed E-state index contributed by atoms with van der Waals surface area (Å²) in [5.41, 5.74) is 2.21. The fourth-order valence-corrected chi connectivity index (χ4v) is 1.78. The van der Waals surface area contributed by atoms with E-state index in [1.807, 2.05) is 13.0 Å². The Bertz CT molecular complexity index is 626. The lowest BCUT2D eigenvalue weighted by Crippen LogP contribution is -2.23. The Labute approximate surface area is 117 Å². The zero-order valence-corrected chi connectivity index (χ0v) is 11.4. The monoisotopic (exact) mass is 272 g/mol. The van der Waals surface area contributed by atoms with Gasteiger partial charge in [0.1, 0.15) is 11.5 Å². The molecule has 0 aliphatic rings. The Morgan fingerprint density at radius 1 is 1.40 bits per heavy atom. The van der Waals surface area contributed by atoms with Crippen molar-refractivity contribution in [2.45, 2.75) is 13.5 Å². The molecule has 1 aromatic carbocycles. The van der Waals surface area contributed by atoms with Gasteiger partial charge in [-0.05, 0) is 36.2 Å². The molecule has 5 nitrogen and oxygen atoms in total. The number of carbonyl (C=O) groups excluding carboxylic acids is 1. The number of methoxy groups -OCH3 is 1. The molecule has 0 aliphatic carbocycles. The summed E-state index contributed by atoms with van der Waals surface area (Å²) in [4.78, 5) is 16.0. The molecule has 0 spiro atoms. The van der Waals surface area contributed by atoms with E-state index in [0.717, 1.165) is 11.1 Å². The summed E-state index contributed by atoms with van der Waals surface area (Å²) in [6, 6.07) is 6.44. The minimum Gasteiger partial charge on any atom is -0.507 e. The Kier molecular flexibility index (Phi) is 4.20. The second-order valence-electron chi connectivity index (χ2n) is 4.37. The summed E-state index contributed by atoms with van der Waals surface area (Å²) in [5.74, 6) is 0.0559. The van der Waals surface area contributed by atoms with E-state index in [2.05, 4.69) is 10.3 Å². The van der Waals surface area contributed by atoms with Gasteiger partial charge in [-0.25, -0.2) is 0 Å². The number of rotatable bonds is 4. The maximum atomic E-state index is 12.0. The minimum absolute atomic E-state index is 0.107. The molecule has 5 heteroatoms. The van der Waals surface area contributed by atoms with Gasteiger partial charge in [0.25, 0.3) is 5.91 Å². The Morgan fingerprint density at radius 3 is 2.85 bits per heavy atom. The van der Waals surface area contributed by atoms with Gasteiger partial charge in [0.05, 0.1) is 12.7 Å². The number of pyridine rings is 1. The van der Waals surface area contributed by atoms with E-state index in [1.54, 1.807) is 18.5 Å². The summed E-state index contributed by atoms with van der Waals surface area (Å²) in [7, 11) is 1.50. The fourth-order valence-electron chi connectivity index (χ4n) is 1.78. The quantitative estimate of drug-likeness (QED) is 0.893.